The molecule has 5 rings (SSSR count). The van der Waals surface area contributed by atoms with Crippen LogP contribution < -0.4 is 20.3 Å². The highest BCUT2D eigenvalue weighted by Gasteiger charge is 2.27. The van der Waals surface area contributed by atoms with Crippen molar-refractivity contribution in [3.05, 3.63) is 46.6 Å². The lowest BCUT2D eigenvalue weighted by molar-refractivity contribution is -0.118. The fraction of sp³-hybridized carbons (Fsp3) is 0.519. The van der Waals surface area contributed by atoms with Crippen LogP contribution in [-0.4, -0.2) is 38.6 Å². The smallest absolute Gasteiger partial charge is 0.269 e. The number of nitrogens with zero attached hydrogens (tertiary/aromatic N) is 4. The Hall–Kier alpha value is -3.49. The van der Waals surface area contributed by atoms with Crippen molar-refractivity contribution in [1.29, 1.82) is 0 Å². The summed E-state index contributed by atoms with van der Waals surface area (Å²) in [6.45, 7) is 2.97. The minimum absolute atomic E-state index is 0.0513. The number of hydrogen-bond acceptors (Lipinski definition) is 7. The third kappa shape index (κ3) is 5.20. The molecule has 36 heavy (non-hydrogen) atoms. The lowest BCUT2D eigenvalue weighted by atomic mass is 9.73. The van der Waals surface area contributed by atoms with Gasteiger partial charge >= 0.3 is 0 Å². The van der Waals surface area contributed by atoms with E-state index in [1.165, 1.54) is 19.0 Å². The van der Waals surface area contributed by atoms with Crippen LogP contribution in [0.4, 0.5) is 5.82 Å². The second-order valence-corrected chi connectivity index (χ2v) is 9.92. The Balaban J connectivity index is 1.13. The predicted octanol–water partition coefficient (Wildman–Crippen LogP) is 3.90. The highest BCUT2D eigenvalue weighted by molar-refractivity contribution is 5.94. The molecule has 1 N–H and O–H groups in total. The highest BCUT2D eigenvalue weighted by atomic mass is 16.5. The molecule has 9 heteroatoms. The molecular formula is C27H33N5O4. The van der Waals surface area contributed by atoms with Crippen molar-refractivity contribution in [2.45, 2.75) is 51.9 Å². The van der Waals surface area contributed by atoms with Crippen LogP contribution in [0.2, 0.25) is 0 Å². The lowest BCUT2D eigenvalue weighted by Crippen LogP contribution is -2.26. The van der Waals surface area contributed by atoms with Gasteiger partial charge in [0.15, 0.2) is 23.8 Å². The molecule has 9 nitrogen and oxygen atoms in total. The Labute approximate surface area is 210 Å². The normalized spacial score (nSPS) is 20.3. The molecule has 0 spiro atoms. The van der Waals surface area contributed by atoms with E-state index in [-0.39, 0.29) is 18.1 Å². The number of carbonyl (C=O) groups excluding carboxylic acids is 1. The Morgan fingerprint density at radius 1 is 1.17 bits per heavy atom. The van der Waals surface area contributed by atoms with Gasteiger partial charge in [-0.15, -0.1) is 0 Å². The van der Waals surface area contributed by atoms with Gasteiger partial charge in [-0.25, -0.2) is 15.0 Å². The van der Waals surface area contributed by atoms with E-state index in [4.69, 9.17) is 9.47 Å². The van der Waals surface area contributed by atoms with E-state index < -0.39 is 0 Å². The van der Waals surface area contributed by atoms with Gasteiger partial charge in [0, 0.05) is 25.0 Å². The van der Waals surface area contributed by atoms with Gasteiger partial charge in [-0.05, 0) is 68.4 Å². The number of nitrogens with one attached hydrogen (secondary N) is 1. The van der Waals surface area contributed by atoms with E-state index in [9.17, 15) is 9.59 Å². The largest absolute Gasteiger partial charge is 0.491 e. The molecular weight excluding hydrogens is 458 g/mol. The molecule has 0 radical (unpaired) electrons. The van der Waals surface area contributed by atoms with E-state index in [2.05, 4.69) is 27.2 Å². The van der Waals surface area contributed by atoms with E-state index in [0.29, 0.717) is 52.8 Å². The average Bonchev–Trinajstić information content (AvgIpc) is 2.90. The van der Waals surface area contributed by atoms with Gasteiger partial charge in [0.25, 0.3) is 11.5 Å². The molecule has 190 valence electrons. The molecule has 2 aliphatic rings. The van der Waals surface area contributed by atoms with Gasteiger partial charge in [0.1, 0.15) is 11.3 Å². The number of aryl methyl sites for hydroxylation is 2. The van der Waals surface area contributed by atoms with Crippen LogP contribution in [0.25, 0.3) is 11.2 Å². The topological polar surface area (TPSA) is 108 Å². The third-order valence-electron chi connectivity index (χ3n) is 7.69. The summed E-state index contributed by atoms with van der Waals surface area (Å²) in [5, 5.41) is 2.80. The van der Waals surface area contributed by atoms with Crippen LogP contribution in [-0.2, 0) is 18.3 Å². The van der Waals surface area contributed by atoms with Crippen LogP contribution in [0.15, 0.2) is 35.4 Å². The summed E-state index contributed by atoms with van der Waals surface area (Å²) in [7, 11) is 1.72. The molecule has 4 heterocycles. The Kier molecular flexibility index (Phi) is 7.16. The molecule has 1 amide bonds. The minimum Gasteiger partial charge on any atom is -0.491 e. The first-order valence-corrected chi connectivity index (χ1v) is 12.9. The molecule has 1 fully saturated rings. The fourth-order valence-corrected chi connectivity index (χ4v) is 5.55. The Morgan fingerprint density at radius 3 is 2.81 bits per heavy atom. The second kappa shape index (κ2) is 10.6. The maximum atomic E-state index is 12.0. The van der Waals surface area contributed by atoms with Crippen LogP contribution in [0.5, 0.6) is 11.5 Å². The molecule has 3 aromatic heterocycles. The fourth-order valence-electron chi connectivity index (χ4n) is 5.55. The van der Waals surface area contributed by atoms with Crippen molar-refractivity contribution in [3.8, 4) is 11.5 Å². The zero-order valence-electron chi connectivity index (χ0n) is 20.9. The number of fused-ring (bicyclic) bond motifs is 2. The van der Waals surface area contributed by atoms with Crippen molar-refractivity contribution in [2.75, 3.05) is 18.5 Å². The highest BCUT2D eigenvalue weighted by Crippen LogP contribution is 2.37. The quantitative estimate of drug-likeness (QED) is 0.509. The van der Waals surface area contributed by atoms with Crippen LogP contribution >= 0.6 is 0 Å². The number of amides is 1. The number of ether oxygens (including phenoxy) is 2. The average molecular weight is 492 g/mol. The summed E-state index contributed by atoms with van der Waals surface area (Å²) in [6.07, 6.45) is 10.8. The molecule has 1 aliphatic heterocycles. The summed E-state index contributed by atoms with van der Waals surface area (Å²) in [5.41, 5.74) is 1.99. The minimum atomic E-state index is -0.171. The number of pyridine rings is 2. The summed E-state index contributed by atoms with van der Waals surface area (Å²) in [4.78, 5) is 36.6. The zero-order valence-corrected chi connectivity index (χ0v) is 20.9. The molecule has 3 aromatic rings. The summed E-state index contributed by atoms with van der Waals surface area (Å²) < 4.78 is 13.2. The van der Waals surface area contributed by atoms with Gasteiger partial charge in [-0.1, -0.05) is 13.3 Å². The van der Waals surface area contributed by atoms with E-state index in [1.54, 1.807) is 17.8 Å². The number of anilines is 1. The van der Waals surface area contributed by atoms with Crippen LogP contribution in [0.1, 0.15) is 51.1 Å². The van der Waals surface area contributed by atoms with Gasteiger partial charge in [-0.2, -0.15) is 0 Å². The van der Waals surface area contributed by atoms with E-state index in [1.807, 2.05) is 18.2 Å². The monoisotopic (exact) mass is 491 g/mol. The molecule has 0 saturated heterocycles. The van der Waals surface area contributed by atoms with Crippen molar-refractivity contribution < 1.29 is 14.3 Å². The summed E-state index contributed by atoms with van der Waals surface area (Å²) in [6, 6.07) is 5.73. The van der Waals surface area contributed by atoms with Gasteiger partial charge in [-0.3, -0.25) is 9.59 Å². The van der Waals surface area contributed by atoms with Crippen LogP contribution in [0, 0.1) is 17.8 Å². The molecule has 1 unspecified atom stereocenters. The molecule has 1 saturated carbocycles. The number of hydrogen-bond donors (Lipinski definition) is 1. The number of carbonyl (C=O) groups is 1. The van der Waals surface area contributed by atoms with Crippen molar-refractivity contribution in [3.63, 3.8) is 0 Å². The van der Waals surface area contributed by atoms with Gasteiger partial charge in [0.2, 0.25) is 0 Å². The van der Waals surface area contributed by atoms with Crippen molar-refractivity contribution in [2.24, 2.45) is 24.8 Å². The summed E-state index contributed by atoms with van der Waals surface area (Å²) in [5.74, 6) is 3.55. The standard InChI is InChI=1S/C27H33N5O4/c1-3-18(8-9-20-10-11-22-26(30-20)31-23(33)16-36-22)19-6-4-17(5-7-19)15-35-21-12-13-28-27-25(21)32(2)24(34)14-29-27/h10-14,17-19H,3-9,15-16H2,1-2H3,(H,30,31,33). The first kappa shape index (κ1) is 24.2. The molecule has 1 atom stereocenters. The molecule has 0 bridgehead atoms. The predicted molar refractivity (Wildman–Crippen MR) is 136 cm³/mol. The van der Waals surface area contributed by atoms with Crippen LogP contribution in [0.3, 0.4) is 0 Å². The first-order valence-electron chi connectivity index (χ1n) is 12.9. The number of aromatic nitrogens is 4. The van der Waals surface area contributed by atoms with Crippen molar-refractivity contribution in [1.82, 2.24) is 19.5 Å². The van der Waals surface area contributed by atoms with Gasteiger partial charge in [0.05, 0.1) is 12.8 Å². The summed E-state index contributed by atoms with van der Waals surface area (Å²) >= 11 is 0. The number of rotatable bonds is 8. The zero-order chi connectivity index (χ0) is 25.1. The van der Waals surface area contributed by atoms with Gasteiger partial charge < -0.3 is 19.4 Å². The molecule has 0 aromatic carbocycles. The second-order valence-electron chi connectivity index (χ2n) is 9.92. The third-order valence-corrected chi connectivity index (χ3v) is 7.69. The maximum Gasteiger partial charge on any atom is 0.269 e. The van der Waals surface area contributed by atoms with E-state index in [0.717, 1.165) is 37.8 Å². The molecule has 1 aliphatic carbocycles. The SMILES string of the molecule is CCC(CCc1ccc2c(n1)NC(=O)CO2)C1CCC(COc2ccnc3ncc(=O)n(C)c23)CC1. The lowest BCUT2D eigenvalue weighted by Gasteiger charge is -2.33. The van der Waals surface area contributed by atoms with E-state index >= 15 is 0 Å². The Morgan fingerprint density at radius 2 is 2.00 bits per heavy atom. The maximum absolute atomic E-state index is 12.0. The first-order chi connectivity index (χ1) is 17.5. The Bertz CT molecular complexity index is 1300. The van der Waals surface area contributed by atoms with Crippen molar-refractivity contribution >= 4 is 22.9 Å².